The lowest BCUT2D eigenvalue weighted by Crippen LogP contribution is -2.30. The van der Waals surface area contributed by atoms with Gasteiger partial charge in [-0.2, -0.15) is 0 Å². The standard InChI is InChI=1S/C15H17ClFN3/c1-20(10-11-3-2-6-19-9-11)15(8-18)12-4-5-14(17)13(16)7-12/h2-7,9,15H,8,10,18H2,1H3. The molecular formula is C15H17ClFN3. The zero-order valence-electron chi connectivity index (χ0n) is 11.3. The molecule has 0 fully saturated rings. The van der Waals surface area contributed by atoms with Crippen molar-refractivity contribution in [3.63, 3.8) is 0 Å². The molecule has 0 aliphatic heterocycles. The SMILES string of the molecule is CN(Cc1cccnc1)C(CN)c1ccc(F)c(Cl)c1. The largest absolute Gasteiger partial charge is 0.329 e. The Morgan fingerprint density at radius 1 is 1.40 bits per heavy atom. The number of benzene rings is 1. The van der Waals surface area contributed by atoms with E-state index in [0.29, 0.717) is 13.1 Å². The van der Waals surface area contributed by atoms with Gasteiger partial charge in [-0.25, -0.2) is 4.39 Å². The molecule has 0 bridgehead atoms. The van der Waals surface area contributed by atoms with Crippen LogP contribution < -0.4 is 5.73 Å². The highest BCUT2D eigenvalue weighted by atomic mass is 35.5. The molecule has 20 heavy (non-hydrogen) atoms. The van der Waals surface area contributed by atoms with Crippen LogP contribution in [0.3, 0.4) is 0 Å². The highest BCUT2D eigenvalue weighted by Gasteiger charge is 2.17. The summed E-state index contributed by atoms with van der Waals surface area (Å²) in [5.74, 6) is -0.416. The predicted octanol–water partition coefficient (Wildman–Crippen LogP) is 3.01. The molecule has 0 aliphatic carbocycles. The van der Waals surface area contributed by atoms with Crippen molar-refractivity contribution >= 4 is 11.6 Å². The molecule has 5 heteroatoms. The number of likely N-dealkylation sites (N-methyl/N-ethyl adjacent to an activating group) is 1. The van der Waals surface area contributed by atoms with Crippen LogP contribution in [0.2, 0.25) is 5.02 Å². The summed E-state index contributed by atoms with van der Waals surface area (Å²) in [4.78, 5) is 6.19. The van der Waals surface area contributed by atoms with E-state index in [1.54, 1.807) is 18.3 Å². The molecule has 0 saturated heterocycles. The predicted molar refractivity (Wildman–Crippen MR) is 78.9 cm³/mol. The Balaban J connectivity index is 2.16. The Morgan fingerprint density at radius 2 is 2.20 bits per heavy atom. The van der Waals surface area contributed by atoms with E-state index in [-0.39, 0.29) is 11.1 Å². The van der Waals surface area contributed by atoms with Gasteiger partial charge < -0.3 is 5.73 Å². The summed E-state index contributed by atoms with van der Waals surface area (Å²) in [6.45, 7) is 1.14. The van der Waals surface area contributed by atoms with Crippen LogP contribution >= 0.6 is 11.6 Å². The third-order valence-electron chi connectivity index (χ3n) is 3.24. The van der Waals surface area contributed by atoms with Crippen LogP contribution in [0.25, 0.3) is 0 Å². The molecular weight excluding hydrogens is 277 g/mol. The van der Waals surface area contributed by atoms with Crippen molar-refractivity contribution in [3.8, 4) is 0 Å². The first-order valence-electron chi connectivity index (χ1n) is 6.36. The summed E-state index contributed by atoms with van der Waals surface area (Å²) in [6, 6.07) is 8.61. The third-order valence-corrected chi connectivity index (χ3v) is 3.53. The van der Waals surface area contributed by atoms with Gasteiger partial charge in [-0.1, -0.05) is 23.7 Å². The monoisotopic (exact) mass is 293 g/mol. The number of nitrogens with two attached hydrogens (primary N) is 1. The van der Waals surface area contributed by atoms with Crippen LogP contribution in [-0.2, 0) is 6.54 Å². The molecule has 2 rings (SSSR count). The van der Waals surface area contributed by atoms with Crippen molar-refractivity contribution in [2.45, 2.75) is 12.6 Å². The van der Waals surface area contributed by atoms with Crippen LogP contribution in [0.4, 0.5) is 4.39 Å². The highest BCUT2D eigenvalue weighted by Crippen LogP contribution is 2.24. The molecule has 1 aromatic heterocycles. The van der Waals surface area contributed by atoms with E-state index in [4.69, 9.17) is 17.3 Å². The number of aromatic nitrogens is 1. The van der Waals surface area contributed by atoms with Gasteiger partial charge in [0.2, 0.25) is 0 Å². The molecule has 0 amide bonds. The second-order valence-corrected chi connectivity index (χ2v) is 5.11. The van der Waals surface area contributed by atoms with Crippen molar-refractivity contribution in [2.75, 3.05) is 13.6 Å². The molecule has 0 aliphatic rings. The Hall–Kier alpha value is -1.49. The normalized spacial score (nSPS) is 12.7. The van der Waals surface area contributed by atoms with Gasteiger partial charge in [-0.3, -0.25) is 9.88 Å². The first kappa shape index (κ1) is 14.9. The zero-order valence-corrected chi connectivity index (χ0v) is 12.0. The first-order chi connectivity index (χ1) is 9.61. The van der Waals surface area contributed by atoms with E-state index in [1.165, 1.54) is 6.07 Å². The van der Waals surface area contributed by atoms with Gasteiger partial charge in [-0.05, 0) is 36.4 Å². The van der Waals surface area contributed by atoms with Gasteiger partial charge in [0.1, 0.15) is 5.82 Å². The average Bonchev–Trinajstić information content (AvgIpc) is 2.44. The van der Waals surface area contributed by atoms with Crippen molar-refractivity contribution in [2.24, 2.45) is 5.73 Å². The van der Waals surface area contributed by atoms with Gasteiger partial charge in [-0.15, -0.1) is 0 Å². The number of pyridine rings is 1. The smallest absolute Gasteiger partial charge is 0.141 e. The van der Waals surface area contributed by atoms with Crippen LogP contribution in [0.1, 0.15) is 17.2 Å². The van der Waals surface area contributed by atoms with Crippen molar-refractivity contribution < 1.29 is 4.39 Å². The summed E-state index contributed by atoms with van der Waals surface area (Å²) in [5, 5.41) is 0.121. The highest BCUT2D eigenvalue weighted by molar-refractivity contribution is 6.30. The molecule has 0 saturated carbocycles. The van der Waals surface area contributed by atoms with Crippen LogP contribution in [0, 0.1) is 5.82 Å². The number of hydrogen-bond donors (Lipinski definition) is 1. The number of halogens is 2. The fraction of sp³-hybridized carbons (Fsp3) is 0.267. The van der Waals surface area contributed by atoms with E-state index in [9.17, 15) is 4.39 Å². The van der Waals surface area contributed by atoms with Crippen LogP contribution in [0.15, 0.2) is 42.7 Å². The lowest BCUT2D eigenvalue weighted by atomic mass is 10.1. The van der Waals surface area contributed by atoms with E-state index >= 15 is 0 Å². The van der Waals surface area contributed by atoms with Crippen LogP contribution in [0.5, 0.6) is 0 Å². The Kier molecular flexibility index (Phi) is 5.06. The topological polar surface area (TPSA) is 42.2 Å². The van der Waals surface area contributed by atoms with E-state index in [2.05, 4.69) is 9.88 Å². The molecule has 106 valence electrons. The average molecular weight is 294 g/mol. The molecule has 2 aromatic rings. The van der Waals surface area contributed by atoms with Crippen molar-refractivity contribution in [1.82, 2.24) is 9.88 Å². The number of rotatable bonds is 5. The molecule has 1 aromatic carbocycles. The Labute approximate surface area is 123 Å². The summed E-state index contributed by atoms with van der Waals surface area (Å²) in [5.41, 5.74) is 7.86. The van der Waals surface area contributed by atoms with E-state index < -0.39 is 5.82 Å². The summed E-state index contributed by atoms with van der Waals surface area (Å²) in [6.07, 6.45) is 3.56. The molecule has 3 nitrogen and oxygen atoms in total. The maximum atomic E-state index is 13.2. The quantitative estimate of drug-likeness (QED) is 0.921. The van der Waals surface area contributed by atoms with Gasteiger partial charge >= 0.3 is 0 Å². The molecule has 1 heterocycles. The first-order valence-corrected chi connectivity index (χ1v) is 6.73. The van der Waals surface area contributed by atoms with E-state index in [0.717, 1.165) is 11.1 Å². The van der Waals surface area contributed by atoms with Gasteiger partial charge in [0, 0.05) is 31.5 Å². The van der Waals surface area contributed by atoms with Crippen molar-refractivity contribution in [3.05, 3.63) is 64.7 Å². The number of nitrogens with zero attached hydrogens (tertiary/aromatic N) is 2. The van der Waals surface area contributed by atoms with Crippen molar-refractivity contribution in [1.29, 1.82) is 0 Å². The lowest BCUT2D eigenvalue weighted by molar-refractivity contribution is 0.241. The second kappa shape index (κ2) is 6.79. The summed E-state index contributed by atoms with van der Waals surface area (Å²) >= 11 is 5.84. The summed E-state index contributed by atoms with van der Waals surface area (Å²) in [7, 11) is 1.97. The molecule has 1 unspecified atom stereocenters. The maximum absolute atomic E-state index is 13.2. The molecule has 0 radical (unpaired) electrons. The van der Waals surface area contributed by atoms with Crippen LogP contribution in [-0.4, -0.2) is 23.5 Å². The maximum Gasteiger partial charge on any atom is 0.141 e. The lowest BCUT2D eigenvalue weighted by Gasteiger charge is -2.27. The molecule has 2 N–H and O–H groups in total. The van der Waals surface area contributed by atoms with Gasteiger partial charge in [0.05, 0.1) is 5.02 Å². The third kappa shape index (κ3) is 3.54. The zero-order chi connectivity index (χ0) is 14.5. The Bertz CT molecular complexity index is 562. The fourth-order valence-electron chi connectivity index (χ4n) is 2.18. The molecule has 1 atom stereocenters. The van der Waals surface area contributed by atoms with Gasteiger partial charge in [0.25, 0.3) is 0 Å². The minimum Gasteiger partial charge on any atom is -0.329 e. The Morgan fingerprint density at radius 3 is 2.80 bits per heavy atom. The fourth-order valence-corrected chi connectivity index (χ4v) is 2.37. The van der Waals surface area contributed by atoms with E-state index in [1.807, 2.05) is 25.4 Å². The molecule has 0 spiro atoms. The number of hydrogen-bond acceptors (Lipinski definition) is 3. The minimum atomic E-state index is -0.416. The summed E-state index contributed by atoms with van der Waals surface area (Å²) < 4.78 is 13.2. The second-order valence-electron chi connectivity index (χ2n) is 4.70. The van der Waals surface area contributed by atoms with Gasteiger partial charge in [0.15, 0.2) is 0 Å². The minimum absolute atomic E-state index is 0.0201.